The monoisotopic (exact) mass is 436 g/mol. The number of nitrogens with one attached hydrogen (secondary N) is 1. The van der Waals surface area contributed by atoms with Crippen LogP contribution >= 0.6 is 11.6 Å². The molecule has 160 valence electrons. The quantitative estimate of drug-likeness (QED) is 0.575. The lowest BCUT2D eigenvalue weighted by atomic mass is 10.1. The lowest BCUT2D eigenvalue weighted by Crippen LogP contribution is -2.25. The maximum Gasteiger partial charge on any atom is 0.262 e. The Morgan fingerprint density at radius 3 is 2.52 bits per heavy atom. The van der Waals surface area contributed by atoms with Crippen LogP contribution in [0.2, 0.25) is 5.02 Å². The van der Waals surface area contributed by atoms with Crippen LogP contribution in [-0.2, 0) is 4.79 Å². The number of ether oxygens (including phenoxy) is 1. The molecule has 0 unspecified atom stereocenters. The minimum absolute atomic E-state index is 0.102. The second-order valence-corrected chi connectivity index (χ2v) is 7.99. The number of amides is 1. The van der Waals surface area contributed by atoms with Crippen LogP contribution in [0.3, 0.4) is 0 Å². The molecule has 1 N–H and O–H groups in total. The third-order valence-electron chi connectivity index (χ3n) is 5.19. The standard InChI is InChI=1S/C24H25ClN4O2/c25-19-8-6-10-21(16-19)31-17-24(30)26-20-9-5-7-18(15-20)22-11-12-23(28-27-22)29-13-3-1-2-4-14-29/h5-12,15-16H,1-4,13-14,17H2,(H,26,30). The first-order valence-corrected chi connectivity index (χ1v) is 10.9. The Bertz CT molecular complexity index is 1020. The summed E-state index contributed by atoms with van der Waals surface area (Å²) in [5.74, 6) is 1.23. The Balaban J connectivity index is 1.37. The Kier molecular flexibility index (Phi) is 6.99. The summed E-state index contributed by atoms with van der Waals surface area (Å²) in [6.45, 7) is 1.97. The van der Waals surface area contributed by atoms with Crippen molar-refractivity contribution in [2.45, 2.75) is 25.7 Å². The number of hydrogen-bond acceptors (Lipinski definition) is 5. The smallest absolute Gasteiger partial charge is 0.262 e. The molecular formula is C24H25ClN4O2. The van der Waals surface area contributed by atoms with Gasteiger partial charge in [0.15, 0.2) is 12.4 Å². The molecule has 4 rings (SSSR count). The molecule has 0 saturated carbocycles. The van der Waals surface area contributed by atoms with Gasteiger partial charge in [-0.05, 0) is 55.3 Å². The SMILES string of the molecule is O=C(COc1cccc(Cl)c1)Nc1cccc(-c2ccc(N3CCCCCC3)nn2)c1. The number of carbonyl (C=O) groups excluding carboxylic acids is 1. The van der Waals surface area contributed by atoms with Gasteiger partial charge >= 0.3 is 0 Å². The topological polar surface area (TPSA) is 67.3 Å². The summed E-state index contributed by atoms with van der Waals surface area (Å²) in [5, 5.41) is 12.3. The van der Waals surface area contributed by atoms with Gasteiger partial charge in [-0.3, -0.25) is 4.79 Å². The number of rotatable bonds is 6. The van der Waals surface area contributed by atoms with Gasteiger partial charge in [0.05, 0.1) is 5.69 Å². The predicted molar refractivity (Wildman–Crippen MR) is 124 cm³/mol. The van der Waals surface area contributed by atoms with Crippen LogP contribution in [0.4, 0.5) is 11.5 Å². The van der Waals surface area contributed by atoms with E-state index in [1.807, 2.05) is 36.4 Å². The van der Waals surface area contributed by atoms with Crippen LogP contribution in [0.5, 0.6) is 5.75 Å². The van der Waals surface area contributed by atoms with E-state index in [2.05, 4.69) is 20.4 Å². The van der Waals surface area contributed by atoms with Gasteiger partial charge in [0.25, 0.3) is 5.91 Å². The lowest BCUT2D eigenvalue weighted by Gasteiger charge is -2.20. The summed E-state index contributed by atoms with van der Waals surface area (Å²) in [5.41, 5.74) is 2.34. The van der Waals surface area contributed by atoms with Crippen molar-refractivity contribution in [3.05, 3.63) is 65.7 Å². The van der Waals surface area contributed by atoms with Crippen LogP contribution in [-0.4, -0.2) is 35.8 Å². The fourth-order valence-corrected chi connectivity index (χ4v) is 3.79. The maximum atomic E-state index is 12.3. The Morgan fingerprint density at radius 2 is 1.77 bits per heavy atom. The summed E-state index contributed by atoms with van der Waals surface area (Å²) < 4.78 is 5.49. The number of anilines is 2. The minimum Gasteiger partial charge on any atom is -0.484 e. The van der Waals surface area contributed by atoms with Gasteiger partial charge in [-0.1, -0.05) is 42.6 Å². The molecule has 1 aliphatic rings. The molecule has 0 aliphatic carbocycles. The molecule has 1 saturated heterocycles. The van der Waals surface area contributed by atoms with E-state index in [1.165, 1.54) is 25.7 Å². The van der Waals surface area contributed by atoms with Gasteiger partial charge < -0.3 is 15.0 Å². The zero-order chi connectivity index (χ0) is 21.5. The highest BCUT2D eigenvalue weighted by Gasteiger charge is 2.12. The molecule has 31 heavy (non-hydrogen) atoms. The van der Waals surface area contributed by atoms with Crippen molar-refractivity contribution in [1.29, 1.82) is 0 Å². The maximum absolute atomic E-state index is 12.3. The normalized spacial score (nSPS) is 14.0. The summed E-state index contributed by atoms with van der Waals surface area (Å²) in [6, 6.07) is 18.5. The second-order valence-electron chi connectivity index (χ2n) is 7.55. The number of aromatic nitrogens is 2. The predicted octanol–water partition coefficient (Wildman–Crippen LogP) is 5.19. The van der Waals surface area contributed by atoms with Crippen molar-refractivity contribution < 1.29 is 9.53 Å². The Hall–Kier alpha value is -3.12. The van der Waals surface area contributed by atoms with Gasteiger partial charge in [-0.2, -0.15) is 0 Å². The van der Waals surface area contributed by atoms with Gasteiger partial charge in [0.2, 0.25) is 0 Å². The van der Waals surface area contributed by atoms with Crippen LogP contribution in [0.1, 0.15) is 25.7 Å². The number of benzene rings is 2. The molecule has 3 aromatic rings. The molecule has 1 amide bonds. The minimum atomic E-state index is -0.250. The van der Waals surface area contributed by atoms with E-state index in [-0.39, 0.29) is 12.5 Å². The highest BCUT2D eigenvalue weighted by molar-refractivity contribution is 6.30. The van der Waals surface area contributed by atoms with Crippen molar-refractivity contribution >= 4 is 29.0 Å². The van der Waals surface area contributed by atoms with E-state index in [0.29, 0.717) is 16.5 Å². The Morgan fingerprint density at radius 1 is 0.968 bits per heavy atom. The average molecular weight is 437 g/mol. The van der Waals surface area contributed by atoms with Crippen LogP contribution in [0.25, 0.3) is 11.3 Å². The fourth-order valence-electron chi connectivity index (χ4n) is 3.61. The van der Waals surface area contributed by atoms with Gasteiger partial charge in [0, 0.05) is 29.4 Å². The highest BCUT2D eigenvalue weighted by atomic mass is 35.5. The molecule has 0 atom stereocenters. The Labute approximate surface area is 187 Å². The van der Waals surface area contributed by atoms with Crippen molar-refractivity contribution in [2.24, 2.45) is 0 Å². The fraction of sp³-hybridized carbons (Fsp3) is 0.292. The molecule has 0 spiro atoms. The van der Waals surface area contributed by atoms with E-state index >= 15 is 0 Å². The van der Waals surface area contributed by atoms with E-state index in [4.69, 9.17) is 16.3 Å². The van der Waals surface area contributed by atoms with Gasteiger partial charge in [-0.25, -0.2) is 0 Å². The van der Waals surface area contributed by atoms with Crippen molar-refractivity contribution in [3.63, 3.8) is 0 Å². The van der Waals surface area contributed by atoms with E-state index in [1.54, 1.807) is 24.3 Å². The van der Waals surface area contributed by atoms with Crippen molar-refractivity contribution in [1.82, 2.24) is 10.2 Å². The molecule has 1 aromatic heterocycles. The van der Waals surface area contributed by atoms with Crippen LogP contribution in [0, 0.1) is 0 Å². The van der Waals surface area contributed by atoms with Crippen LogP contribution < -0.4 is 15.0 Å². The van der Waals surface area contributed by atoms with E-state index in [9.17, 15) is 4.79 Å². The molecule has 2 heterocycles. The third-order valence-corrected chi connectivity index (χ3v) is 5.42. The third kappa shape index (κ3) is 5.95. The number of carbonyl (C=O) groups is 1. The first kappa shape index (κ1) is 21.1. The molecular weight excluding hydrogens is 412 g/mol. The second kappa shape index (κ2) is 10.3. The zero-order valence-corrected chi connectivity index (χ0v) is 18.0. The molecule has 7 heteroatoms. The summed E-state index contributed by atoms with van der Waals surface area (Å²) in [7, 11) is 0. The number of halogens is 1. The molecule has 2 aromatic carbocycles. The van der Waals surface area contributed by atoms with Gasteiger partial charge in [0.1, 0.15) is 5.75 Å². The lowest BCUT2D eigenvalue weighted by molar-refractivity contribution is -0.118. The highest BCUT2D eigenvalue weighted by Crippen LogP contribution is 2.23. The first-order chi connectivity index (χ1) is 15.2. The van der Waals surface area contributed by atoms with E-state index in [0.717, 1.165) is 30.2 Å². The number of nitrogens with zero attached hydrogens (tertiary/aromatic N) is 3. The van der Waals surface area contributed by atoms with E-state index < -0.39 is 0 Å². The first-order valence-electron chi connectivity index (χ1n) is 10.5. The van der Waals surface area contributed by atoms with Crippen molar-refractivity contribution in [3.8, 4) is 17.0 Å². The number of hydrogen-bond donors (Lipinski definition) is 1. The molecule has 1 aliphatic heterocycles. The molecule has 1 fully saturated rings. The average Bonchev–Trinajstić information content (AvgIpc) is 3.08. The zero-order valence-electron chi connectivity index (χ0n) is 17.3. The summed E-state index contributed by atoms with van der Waals surface area (Å²) >= 11 is 5.93. The summed E-state index contributed by atoms with van der Waals surface area (Å²) in [6.07, 6.45) is 4.97. The largest absolute Gasteiger partial charge is 0.484 e. The molecule has 0 radical (unpaired) electrons. The van der Waals surface area contributed by atoms with Crippen molar-refractivity contribution in [2.75, 3.05) is 29.9 Å². The van der Waals surface area contributed by atoms with Crippen LogP contribution in [0.15, 0.2) is 60.7 Å². The van der Waals surface area contributed by atoms with Gasteiger partial charge in [-0.15, -0.1) is 10.2 Å². The molecule has 0 bridgehead atoms. The summed E-state index contributed by atoms with van der Waals surface area (Å²) in [4.78, 5) is 14.6. The molecule has 6 nitrogen and oxygen atoms in total.